The van der Waals surface area contributed by atoms with E-state index in [1.807, 2.05) is 33.7 Å². The SMILES string of the molecule is O=C(NCCC(=O)N1CCC(c2nnc3ccccn23)CC1)c1cnccn1. The molecule has 0 bridgehead atoms. The smallest absolute Gasteiger partial charge is 0.271 e. The van der Waals surface area contributed by atoms with E-state index in [1.165, 1.54) is 18.6 Å². The van der Waals surface area contributed by atoms with Gasteiger partial charge in [0.15, 0.2) is 5.65 Å². The highest BCUT2D eigenvalue weighted by atomic mass is 16.2. The summed E-state index contributed by atoms with van der Waals surface area (Å²) >= 11 is 0. The van der Waals surface area contributed by atoms with Crippen molar-refractivity contribution < 1.29 is 9.59 Å². The van der Waals surface area contributed by atoms with Crippen molar-refractivity contribution in [3.63, 3.8) is 0 Å². The second kappa shape index (κ2) is 8.12. The van der Waals surface area contributed by atoms with Crippen LogP contribution in [-0.4, -0.2) is 60.9 Å². The lowest BCUT2D eigenvalue weighted by atomic mass is 9.96. The van der Waals surface area contributed by atoms with E-state index in [4.69, 9.17) is 0 Å². The minimum absolute atomic E-state index is 0.0454. The summed E-state index contributed by atoms with van der Waals surface area (Å²) in [6, 6.07) is 5.84. The van der Waals surface area contributed by atoms with Crippen molar-refractivity contribution in [2.45, 2.75) is 25.2 Å². The molecule has 1 aliphatic heterocycles. The molecule has 0 spiro atoms. The Morgan fingerprint density at radius 3 is 2.79 bits per heavy atom. The second-order valence-electron chi connectivity index (χ2n) is 6.74. The molecule has 3 aromatic rings. The van der Waals surface area contributed by atoms with E-state index in [2.05, 4.69) is 25.5 Å². The molecule has 0 radical (unpaired) electrons. The van der Waals surface area contributed by atoms with Gasteiger partial charge in [0.1, 0.15) is 11.5 Å². The molecular formula is C19H21N7O2. The third-order valence-electron chi connectivity index (χ3n) is 4.97. The third-order valence-corrected chi connectivity index (χ3v) is 4.97. The Labute approximate surface area is 161 Å². The minimum Gasteiger partial charge on any atom is -0.350 e. The Morgan fingerprint density at radius 1 is 1.14 bits per heavy atom. The van der Waals surface area contributed by atoms with Crippen molar-refractivity contribution in [2.75, 3.05) is 19.6 Å². The average Bonchev–Trinajstić information content (AvgIpc) is 3.18. The first-order valence-corrected chi connectivity index (χ1v) is 9.34. The molecule has 144 valence electrons. The topological polar surface area (TPSA) is 105 Å². The predicted molar refractivity (Wildman–Crippen MR) is 101 cm³/mol. The number of hydrogen-bond donors (Lipinski definition) is 1. The summed E-state index contributed by atoms with van der Waals surface area (Å²) < 4.78 is 2.02. The lowest BCUT2D eigenvalue weighted by molar-refractivity contribution is -0.132. The summed E-state index contributed by atoms with van der Waals surface area (Å²) in [7, 11) is 0. The normalized spacial score (nSPS) is 14.9. The molecule has 0 saturated carbocycles. The molecular weight excluding hydrogens is 358 g/mol. The molecule has 0 aliphatic carbocycles. The van der Waals surface area contributed by atoms with Gasteiger partial charge in [-0.2, -0.15) is 0 Å². The number of rotatable bonds is 5. The van der Waals surface area contributed by atoms with Gasteiger partial charge >= 0.3 is 0 Å². The van der Waals surface area contributed by atoms with E-state index in [-0.39, 0.29) is 36.4 Å². The first kappa shape index (κ1) is 18.0. The number of nitrogens with one attached hydrogen (secondary N) is 1. The van der Waals surface area contributed by atoms with Crippen molar-refractivity contribution >= 4 is 17.5 Å². The van der Waals surface area contributed by atoms with Crippen molar-refractivity contribution in [1.82, 2.24) is 34.8 Å². The molecule has 0 aromatic carbocycles. The van der Waals surface area contributed by atoms with Crippen LogP contribution in [-0.2, 0) is 4.79 Å². The molecule has 9 heteroatoms. The highest BCUT2D eigenvalue weighted by Gasteiger charge is 2.26. The number of fused-ring (bicyclic) bond motifs is 1. The second-order valence-corrected chi connectivity index (χ2v) is 6.74. The summed E-state index contributed by atoms with van der Waals surface area (Å²) in [6.07, 6.45) is 8.32. The van der Waals surface area contributed by atoms with Gasteiger partial charge < -0.3 is 10.2 Å². The third kappa shape index (κ3) is 3.83. The molecule has 1 saturated heterocycles. The van der Waals surface area contributed by atoms with Crippen LogP contribution in [0.15, 0.2) is 43.0 Å². The van der Waals surface area contributed by atoms with Gasteiger partial charge in [-0.3, -0.25) is 19.0 Å². The summed E-state index contributed by atoms with van der Waals surface area (Å²) in [5, 5.41) is 11.3. The maximum absolute atomic E-state index is 12.4. The zero-order valence-corrected chi connectivity index (χ0v) is 15.4. The van der Waals surface area contributed by atoms with Gasteiger partial charge in [-0.25, -0.2) is 4.98 Å². The van der Waals surface area contributed by atoms with Gasteiger partial charge in [0.25, 0.3) is 5.91 Å². The number of nitrogens with zero attached hydrogens (tertiary/aromatic N) is 6. The fraction of sp³-hybridized carbons (Fsp3) is 0.368. The molecule has 1 N–H and O–H groups in total. The Balaban J connectivity index is 1.25. The molecule has 3 aromatic heterocycles. The molecule has 1 fully saturated rings. The molecule has 28 heavy (non-hydrogen) atoms. The van der Waals surface area contributed by atoms with Gasteiger partial charge in [-0.1, -0.05) is 6.07 Å². The lowest BCUT2D eigenvalue weighted by Crippen LogP contribution is -2.40. The molecule has 0 unspecified atom stereocenters. The van der Waals surface area contributed by atoms with E-state index in [1.54, 1.807) is 0 Å². The van der Waals surface area contributed by atoms with Crippen molar-refractivity contribution in [3.8, 4) is 0 Å². The predicted octanol–water partition coefficient (Wildman–Crippen LogP) is 1.05. The van der Waals surface area contributed by atoms with Crippen LogP contribution in [0.4, 0.5) is 0 Å². The van der Waals surface area contributed by atoms with Crippen molar-refractivity contribution in [2.24, 2.45) is 0 Å². The van der Waals surface area contributed by atoms with Crippen LogP contribution in [0, 0.1) is 0 Å². The lowest BCUT2D eigenvalue weighted by Gasteiger charge is -2.31. The summed E-state index contributed by atoms with van der Waals surface area (Å²) in [6.45, 7) is 1.65. The summed E-state index contributed by atoms with van der Waals surface area (Å²) in [5.74, 6) is 0.971. The number of carbonyl (C=O) groups is 2. The number of likely N-dealkylation sites (tertiary alicyclic amines) is 1. The maximum atomic E-state index is 12.4. The van der Waals surface area contributed by atoms with Crippen LogP contribution in [0.5, 0.6) is 0 Å². The Kier molecular flexibility index (Phi) is 5.22. The average molecular weight is 379 g/mol. The largest absolute Gasteiger partial charge is 0.350 e. The van der Waals surface area contributed by atoms with Crippen LogP contribution >= 0.6 is 0 Å². The van der Waals surface area contributed by atoms with E-state index in [9.17, 15) is 9.59 Å². The van der Waals surface area contributed by atoms with Gasteiger partial charge in [0.05, 0.1) is 6.20 Å². The van der Waals surface area contributed by atoms with Crippen LogP contribution in [0.2, 0.25) is 0 Å². The molecule has 2 amide bonds. The standard InChI is InChI=1S/C19H21N7O2/c27-17(4-7-22-19(28)15-13-20-8-9-21-15)25-11-5-14(6-12-25)18-24-23-16-3-1-2-10-26(16)18/h1-3,8-10,13-14H,4-7,11-12H2,(H,22,28). The first-order valence-electron chi connectivity index (χ1n) is 9.34. The minimum atomic E-state index is -0.321. The zero-order valence-electron chi connectivity index (χ0n) is 15.4. The molecule has 1 aliphatic rings. The summed E-state index contributed by atoms with van der Waals surface area (Å²) in [5.41, 5.74) is 1.09. The summed E-state index contributed by atoms with van der Waals surface area (Å²) in [4.78, 5) is 34.0. The van der Waals surface area contributed by atoms with Crippen molar-refractivity contribution in [1.29, 1.82) is 0 Å². The zero-order chi connectivity index (χ0) is 19.3. The van der Waals surface area contributed by atoms with Crippen LogP contribution in [0.25, 0.3) is 5.65 Å². The highest BCUT2D eigenvalue weighted by Crippen LogP contribution is 2.27. The van der Waals surface area contributed by atoms with Gasteiger partial charge in [-0.05, 0) is 25.0 Å². The van der Waals surface area contributed by atoms with Crippen LogP contribution < -0.4 is 5.32 Å². The molecule has 9 nitrogen and oxygen atoms in total. The van der Waals surface area contributed by atoms with E-state index >= 15 is 0 Å². The van der Waals surface area contributed by atoms with Gasteiger partial charge in [-0.15, -0.1) is 10.2 Å². The number of aromatic nitrogens is 5. The number of carbonyl (C=O) groups excluding carboxylic acids is 2. The first-order chi connectivity index (χ1) is 13.7. The Bertz CT molecular complexity index is 965. The van der Waals surface area contributed by atoms with Gasteiger partial charge in [0, 0.05) is 50.6 Å². The van der Waals surface area contributed by atoms with Gasteiger partial charge in [0.2, 0.25) is 5.91 Å². The molecule has 0 atom stereocenters. The fourth-order valence-corrected chi connectivity index (χ4v) is 3.47. The quantitative estimate of drug-likeness (QED) is 0.710. The Hall–Kier alpha value is -3.36. The molecule has 4 rings (SSSR count). The monoisotopic (exact) mass is 379 g/mol. The molecule has 4 heterocycles. The van der Waals surface area contributed by atoms with Crippen LogP contribution in [0.1, 0.15) is 41.5 Å². The van der Waals surface area contributed by atoms with E-state index < -0.39 is 0 Å². The number of piperidine rings is 1. The number of hydrogen-bond acceptors (Lipinski definition) is 6. The van der Waals surface area contributed by atoms with E-state index in [0.29, 0.717) is 13.1 Å². The van der Waals surface area contributed by atoms with E-state index in [0.717, 1.165) is 24.3 Å². The maximum Gasteiger partial charge on any atom is 0.271 e. The Morgan fingerprint density at radius 2 is 2.00 bits per heavy atom. The van der Waals surface area contributed by atoms with Crippen molar-refractivity contribution in [3.05, 3.63) is 54.5 Å². The number of pyridine rings is 1. The highest BCUT2D eigenvalue weighted by molar-refractivity contribution is 5.92. The van der Waals surface area contributed by atoms with Crippen LogP contribution in [0.3, 0.4) is 0 Å². The fourth-order valence-electron chi connectivity index (χ4n) is 3.47. The number of amides is 2.